The zero-order valence-electron chi connectivity index (χ0n) is 16.1. The highest BCUT2D eigenvalue weighted by Crippen LogP contribution is 2.38. The lowest BCUT2D eigenvalue weighted by Gasteiger charge is -2.31. The highest BCUT2D eigenvalue weighted by molar-refractivity contribution is 5.78. The first-order chi connectivity index (χ1) is 13.0. The Morgan fingerprint density at radius 1 is 1.15 bits per heavy atom. The van der Waals surface area contributed by atoms with Crippen molar-refractivity contribution in [1.29, 1.82) is 0 Å². The molecule has 1 aliphatic heterocycles. The molecule has 0 aromatic carbocycles. The van der Waals surface area contributed by atoms with Crippen LogP contribution in [0.1, 0.15) is 80.9 Å². The minimum absolute atomic E-state index is 0.0557. The fourth-order valence-electron chi connectivity index (χ4n) is 4.24. The Bertz CT molecular complexity index is 785. The Balaban J connectivity index is 1.34. The quantitative estimate of drug-likeness (QED) is 0.812. The van der Waals surface area contributed by atoms with Crippen LogP contribution in [0.2, 0.25) is 0 Å². The maximum Gasteiger partial charge on any atom is 0.229 e. The molecule has 2 fully saturated rings. The SMILES string of the molecule is Cc1nonc1CC(=O)N1CCC(c2nc(C3(C)CCCCC3)no2)CC1. The first-order valence-corrected chi connectivity index (χ1v) is 9.95. The average Bonchev–Trinajstić information content (AvgIpc) is 3.33. The third kappa shape index (κ3) is 3.75. The molecule has 3 heterocycles. The molecule has 1 aliphatic carbocycles. The van der Waals surface area contributed by atoms with Crippen molar-refractivity contribution in [3.05, 3.63) is 23.1 Å². The lowest BCUT2D eigenvalue weighted by molar-refractivity contribution is -0.131. The monoisotopic (exact) mass is 373 g/mol. The Kier molecular flexibility index (Phi) is 4.97. The van der Waals surface area contributed by atoms with Gasteiger partial charge in [-0.05, 0) is 32.6 Å². The molecule has 1 saturated heterocycles. The van der Waals surface area contributed by atoms with E-state index in [1.807, 2.05) is 4.90 Å². The molecule has 0 spiro atoms. The number of hydrogen-bond acceptors (Lipinski definition) is 7. The van der Waals surface area contributed by atoms with Gasteiger partial charge in [-0.2, -0.15) is 4.98 Å². The van der Waals surface area contributed by atoms with Crippen LogP contribution in [-0.4, -0.2) is 44.4 Å². The van der Waals surface area contributed by atoms with Gasteiger partial charge in [0.05, 0.1) is 6.42 Å². The number of carbonyl (C=O) groups excluding carboxylic acids is 1. The van der Waals surface area contributed by atoms with E-state index in [-0.39, 0.29) is 23.7 Å². The summed E-state index contributed by atoms with van der Waals surface area (Å²) in [6, 6.07) is 0. The van der Waals surface area contributed by atoms with Gasteiger partial charge in [-0.15, -0.1) is 0 Å². The van der Waals surface area contributed by atoms with Crippen LogP contribution in [0.4, 0.5) is 0 Å². The number of aromatic nitrogens is 4. The molecule has 8 nitrogen and oxygen atoms in total. The molecule has 1 amide bonds. The maximum absolute atomic E-state index is 12.5. The van der Waals surface area contributed by atoms with Gasteiger partial charge in [0.15, 0.2) is 5.82 Å². The molecule has 0 radical (unpaired) electrons. The number of rotatable bonds is 4. The minimum atomic E-state index is 0.0557. The van der Waals surface area contributed by atoms with E-state index >= 15 is 0 Å². The van der Waals surface area contributed by atoms with E-state index in [4.69, 9.17) is 9.51 Å². The van der Waals surface area contributed by atoms with Crippen LogP contribution < -0.4 is 0 Å². The zero-order chi connectivity index (χ0) is 18.9. The summed E-state index contributed by atoms with van der Waals surface area (Å²) in [5, 5.41) is 11.8. The zero-order valence-corrected chi connectivity index (χ0v) is 16.1. The Hall–Kier alpha value is -2.25. The first kappa shape index (κ1) is 18.1. The van der Waals surface area contributed by atoms with Crippen LogP contribution in [0.25, 0.3) is 0 Å². The number of nitrogens with zero attached hydrogens (tertiary/aromatic N) is 5. The predicted octanol–water partition coefficient (Wildman–Crippen LogP) is 2.93. The number of piperidine rings is 1. The summed E-state index contributed by atoms with van der Waals surface area (Å²) in [7, 11) is 0. The summed E-state index contributed by atoms with van der Waals surface area (Å²) in [4.78, 5) is 19.1. The van der Waals surface area contributed by atoms with Gasteiger partial charge in [-0.3, -0.25) is 4.79 Å². The Morgan fingerprint density at radius 2 is 1.89 bits per heavy atom. The second-order valence-electron chi connectivity index (χ2n) is 8.21. The topological polar surface area (TPSA) is 98.2 Å². The van der Waals surface area contributed by atoms with Gasteiger partial charge in [0.2, 0.25) is 11.8 Å². The summed E-state index contributed by atoms with van der Waals surface area (Å²) in [6.45, 7) is 5.44. The lowest BCUT2D eigenvalue weighted by Crippen LogP contribution is -2.39. The molecule has 146 valence electrons. The molecule has 4 rings (SSSR count). The maximum atomic E-state index is 12.5. The second kappa shape index (κ2) is 7.40. The van der Waals surface area contributed by atoms with E-state index in [0.29, 0.717) is 24.5 Å². The van der Waals surface area contributed by atoms with Crippen LogP contribution in [-0.2, 0) is 16.6 Å². The summed E-state index contributed by atoms with van der Waals surface area (Å²) >= 11 is 0. The fourth-order valence-corrected chi connectivity index (χ4v) is 4.24. The highest BCUT2D eigenvalue weighted by Gasteiger charge is 2.35. The van der Waals surface area contributed by atoms with Crippen LogP contribution in [0.5, 0.6) is 0 Å². The van der Waals surface area contributed by atoms with E-state index in [9.17, 15) is 4.79 Å². The fraction of sp³-hybridized carbons (Fsp3) is 0.737. The van der Waals surface area contributed by atoms with Crippen LogP contribution >= 0.6 is 0 Å². The van der Waals surface area contributed by atoms with Crippen LogP contribution in [0, 0.1) is 6.92 Å². The number of likely N-dealkylation sites (tertiary alicyclic amines) is 1. The van der Waals surface area contributed by atoms with Crippen molar-refractivity contribution in [2.24, 2.45) is 0 Å². The summed E-state index contributed by atoms with van der Waals surface area (Å²) < 4.78 is 10.3. The molecule has 2 aromatic heterocycles. The number of hydrogen-bond donors (Lipinski definition) is 0. The van der Waals surface area contributed by atoms with Gasteiger partial charge in [-0.1, -0.05) is 41.7 Å². The summed E-state index contributed by atoms with van der Waals surface area (Å²) in [5.74, 6) is 1.90. The lowest BCUT2D eigenvalue weighted by atomic mass is 9.75. The third-order valence-electron chi connectivity index (χ3n) is 6.20. The van der Waals surface area contributed by atoms with Gasteiger partial charge in [0.25, 0.3) is 0 Å². The standard InChI is InChI=1S/C19H27N5O3/c1-13-15(22-27-21-13)12-16(25)24-10-6-14(7-11-24)17-20-18(23-26-17)19(2)8-4-3-5-9-19/h14H,3-12H2,1-2H3. The first-order valence-electron chi connectivity index (χ1n) is 9.95. The van der Waals surface area contributed by atoms with Crippen molar-refractivity contribution >= 4 is 5.91 Å². The molecule has 0 N–H and O–H groups in total. The van der Waals surface area contributed by atoms with Crippen molar-refractivity contribution in [2.45, 2.75) is 76.5 Å². The van der Waals surface area contributed by atoms with Gasteiger partial charge >= 0.3 is 0 Å². The predicted molar refractivity (Wildman–Crippen MR) is 96.0 cm³/mol. The van der Waals surface area contributed by atoms with Gasteiger partial charge in [0.1, 0.15) is 11.4 Å². The van der Waals surface area contributed by atoms with Gasteiger partial charge < -0.3 is 9.42 Å². The molecule has 1 saturated carbocycles. The molecule has 0 unspecified atom stereocenters. The van der Waals surface area contributed by atoms with E-state index in [2.05, 4.69) is 27.0 Å². The summed E-state index contributed by atoms with van der Waals surface area (Å²) in [5.41, 5.74) is 1.34. The smallest absolute Gasteiger partial charge is 0.229 e. The van der Waals surface area contributed by atoms with E-state index < -0.39 is 0 Å². The van der Waals surface area contributed by atoms with E-state index in [1.54, 1.807) is 6.92 Å². The largest absolute Gasteiger partial charge is 0.342 e. The molecular formula is C19H27N5O3. The van der Waals surface area contributed by atoms with Crippen molar-refractivity contribution in [3.63, 3.8) is 0 Å². The van der Waals surface area contributed by atoms with Gasteiger partial charge in [0, 0.05) is 24.4 Å². The second-order valence-corrected chi connectivity index (χ2v) is 8.21. The average molecular weight is 373 g/mol. The molecule has 0 bridgehead atoms. The Labute approximate surface area is 158 Å². The van der Waals surface area contributed by atoms with Crippen molar-refractivity contribution < 1.29 is 13.9 Å². The highest BCUT2D eigenvalue weighted by atomic mass is 16.6. The molecular weight excluding hydrogens is 346 g/mol. The van der Waals surface area contributed by atoms with Crippen LogP contribution in [0.15, 0.2) is 9.15 Å². The summed E-state index contributed by atoms with van der Waals surface area (Å²) in [6.07, 6.45) is 7.98. The van der Waals surface area contributed by atoms with Crippen LogP contribution in [0.3, 0.4) is 0 Å². The molecule has 8 heteroatoms. The van der Waals surface area contributed by atoms with E-state index in [0.717, 1.165) is 37.4 Å². The van der Waals surface area contributed by atoms with Gasteiger partial charge in [-0.25, -0.2) is 4.63 Å². The van der Waals surface area contributed by atoms with E-state index in [1.165, 1.54) is 19.3 Å². The molecule has 2 aliphatic rings. The number of amides is 1. The number of aryl methyl sites for hydroxylation is 1. The van der Waals surface area contributed by atoms with Crippen molar-refractivity contribution in [3.8, 4) is 0 Å². The van der Waals surface area contributed by atoms with Crippen molar-refractivity contribution in [2.75, 3.05) is 13.1 Å². The molecule has 0 atom stereocenters. The van der Waals surface area contributed by atoms with Crippen molar-refractivity contribution in [1.82, 2.24) is 25.4 Å². The normalized spacial score (nSPS) is 20.7. The third-order valence-corrected chi connectivity index (χ3v) is 6.20. The molecule has 27 heavy (non-hydrogen) atoms. The minimum Gasteiger partial charge on any atom is -0.342 e. The Morgan fingerprint density at radius 3 is 2.56 bits per heavy atom. The number of carbonyl (C=O) groups is 1. The molecule has 2 aromatic rings.